The van der Waals surface area contributed by atoms with Gasteiger partial charge in [0.15, 0.2) is 5.78 Å². The minimum Gasteiger partial charge on any atom is -0.384 e. The van der Waals surface area contributed by atoms with Crippen LogP contribution >= 0.6 is 0 Å². The van der Waals surface area contributed by atoms with Gasteiger partial charge in [0, 0.05) is 29.7 Å². The number of methoxy groups -OCH3 is 1. The van der Waals surface area contributed by atoms with Gasteiger partial charge in [-0.15, -0.1) is 0 Å². The third-order valence-electron chi connectivity index (χ3n) is 2.04. The Morgan fingerprint density at radius 3 is 2.71 bits per heavy atom. The number of Topliss-reactive ketones (excluding diaryl/α,β-unsaturated/α-hetero) is 1. The zero-order valence-corrected chi connectivity index (χ0v) is 10.1. The number of hydrogen-bond acceptors (Lipinski definition) is 3. The average molecular weight is 262 g/mol. The van der Waals surface area contributed by atoms with E-state index in [0.29, 0.717) is 6.07 Å². The molecule has 6 heteroatoms. The summed E-state index contributed by atoms with van der Waals surface area (Å²) in [6.07, 6.45) is 0. The van der Waals surface area contributed by atoms with Crippen molar-refractivity contribution in [2.24, 2.45) is 0 Å². The molecule has 0 aliphatic carbocycles. The van der Waals surface area contributed by atoms with Crippen LogP contribution in [0.4, 0.5) is 8.78 Å². The van der Waals surface area contributed by atoms with Crippen molar-refractivity contribution < 1.29 is 22.5 Å². The Bertz CT molecular complexity index is 435. The van der Waals surface area contributed by atoms with Crippen molar-refractivity contribution in [1.82, 2.24) is 0 Å². The van der Waals surface area contributed by atoms with E-state index >= 15 is 0 Å². The van der Waals surface area contributed by atoms with E-state index in [1.165, 1.54) is 7.11 Å². The summed E-state index contributed by atoms with van der Waals surface area (Å²) in [7, 11) is 0.0579. The van der Waals surface area contributed by atoms with Crippen LogP contribution in [0.3, 0.4) is 0 Å². The van der Waals surface area contributed by atoms with Gasteiger partial charge in [0.1, 0.15) is 11.6 Å². The molecule has 94 valence electrons. The number of halogens is 2. The first-order valence-corrected chi connectivity index (χ1v) is 6.35. The summed E-state index contributed by atoms with van der Waals surface area (Å²) in [4.78, 5) is 11.6. The summed E-state index contributed by atoms with van der Waals surface area (Å²) < 4.78 is 41.9. The first kappa shape index (κ1) is 13.9. The van der Waals surface area contributed by atoms with Crippen molar-refractivity contribution in [3.63, 3.8) is 0 Å². The monoisotopic (exact) mass is 262 g/mol. The molecule has 1 aromatic carbocycles. The van der Waals surface area contributed by atoms with Gasteiger partial charge in [-0.25, -0.2) is 8.78 Å². The highest BCUT2D eigenvalue weighted by molar-refractivity contribution is 7.85. The first-order valence-electron chi connectivity index (χ1n) is 4.86. The zero-order chi connectivity index (χ0) is 12.8. The van der Waals surface area contributed by atoms with Crippen molar-refractivity contribution in [3.8, 4) is 0 Å². The van der Waals surface area contributed by atoms with E-state index in [9.17, 15) is 17.8 Å². The summed E-state index contributed by atoms with van der Waals surface area (Å²) in [5.41, 5.74) is -0.239. The molecule has 1 atom stereocenters. The maximum atomic E-state index is 13.2. The van der Waals surface area contributed by atoms with E-state index in [2.05, 4.69) is 0 Å². The van der Waals surface area contributed by atoms with E-state index in [-0.39, 0.29) is 23.7 Å². The van der Waals surface area contributed by atoms with E-state index in [0.717, 1.165) is 12.1 Å². The summed E-state index contributed by atoms with van der Waals surface area (Å²) in [5.74, 6) is -2.35. The number of carbonyl (C=O) groups excluding carboxylic acids is 1. The van der Waals surface area contributed by atoms with Gasteiger partial charge in [0.25, 0.3) is 0 Å². The molecular formula is C11H12F2O3S. The number of rotatable bonds is 6. The van der Waals surface area contributed by atoms with Crippen LogP contribution in [-0.2, 0) is 15.5 Å². The minimum absolute atomic E-state index is 0.213. The Labute approximate surface area is 100 Å². The van der Waals surface area contributed by atoms with Gasteiger partial charge in [-0.3, -0.25) is 9.00 Å². The predicted molar refractivity (Wildman–Crippen MR) is 60.4 cm³/mol. The Morgan fingerprint density at radius 2 is 2.12 bits per heavy atom. The molecule has 0 aliphatic rings. The van der Waals surface area contributed by atoms with Gasteiger partial charge in [-0.2, -0.15) is 0 Å². The van der Waals surface area contributed by atoms with Crippen LogP contribution < -0.4 is 0 Å². The second-order valence-corrected chi connectivity index (χ2v) is 4.91. The van der Waals surface area contributed by atoms with Crippen LogP contribution in [0.25, 0.3) is 0 Å². The number of benzene rings is 1. The molecule has 0 N–H and O–H groups in total. The molecule has 0 amide bonds. The third-order valence-corrected chi connectivity index (χ3v) is 3.24. The van der Waals surface area contributed by atoms with Crippen LogP contribution in [0.1, 0.15) is 10.4 Å². The van der Waals surface area contributed by atoms with E-state index in [1.54, 1.807) is 0 Å². The standard InChI is InChI=1S/C11H12F2O3S/c1-16-4-5-17(15)7-11(14)9-3-2-8(12)6-10(9)13/h2-3,6H,4-5,7H2,1H3. The van der Waals surface area contributed by atoms with Gasteiger partial charge < -0.3 is 4.74 Å². The molecule has 0 aliphatic heterocycles. The van der Waals surface area contributed by atoms with E-state index in [1.807, 2.05) is 0 Å². The summed E-state index contributed by atoms with van der Waals surface area (Å²) in [6, 6.07) is 2.68. The molecule has 0 bridgehead atoms. The highest BCUT2D eigenvalue weighted by Crippen LogP contribution is 2.10. The first-order chi connectivity index (χ1) is 8.04. The Kier molecular flexibility index (Phi) is 5.37. The molecule has 0 heterocycles. The fraction of sp³-hybridized carbons (Fsp3) is 0.364. The maximum Gasteiger partial charge on any atom is 0.178 e. The van der Waals surface area contributed by atoms with Crippen LogP contribution in [-0.4, -0.2) is 35.2 Å². The highest BCUT2D eigenvalue weighted by atomic mass is 32.2. The average Bonchev–Trinajstić information content (AvgIpc) is 2.26. The molecular weight excluding hydrogens is 250 g/mol. The maximum absolute atomic E-state index is 13.2. The zero-order valence-electron chi connectivity index (χ0n) is 9.24. The quantitative estimate of drug-likeness (QED) is 0.730. The lowest BCUT2D eigenvalue weighted by atomic mass is 10.1. The van der Waals surface area contributed by atoms with Crippen LogP contribution in [0.5, 0.6) is 0 Å². The normalized spacial score (nSPS) is 12.4. The molecule has 0 saturated carbocycles. The second kappa shape index (κ2) is 6.56. The SMILES string of the molecule is COCCS(=O)CC(=O)c1ccc(F)cc1F. The largest absolute Gasteiger partial charge is 0.384 e. The number of hydrogen-bond donors (Lipinski definition) is 0. The van der Waals surface area contributed by atoms with Gasteiger partial charge in [-0.1, -0.05) is 0 Å². The van der Waals surface area contributed by atoms with Crippen molar-refractivity contribution in [2.75, 3.05) is 25.2 Å². The van der Waals surface area contributed by atoms with Crippen LogP contribution in [0.15, 0.2) is 18.2 Å². The lowest BCUT2D eigenvalue weighted by molar-refractivity contribution is 0.101. The molecule has 0 saturated heterocycles. The number of carbonyl (C=O) groups is 1. The molecule has 1 rings (SSSR count). The Morgan fingerprint density at radius 1 is 1.41 bits per heavy atom. The summed E-state index contributed by atoms with van der Waals surface area (Å²) >= 11 is 0. The van der Waals surface area contributed by atoms with Crippen LogP contribution in [0, 0.1) is 11.6 Å². The second-order valence-electron chi connectivity index (χ2n) is 3.33. The minimum atomic E-state index is -1.40. The fourth-order valence-electron chi connectivity index (χ4n) is 1.19. The van der Waals surface area contributed by atoms with Gasteiger partial charge >= 0.3 is 0 Å². The van der Waals surface area contributed by atoms with Gasteiger partial charge in [0.2, 0.25) is 0 Å². The number of ketones is 1. The third kappa shape index (κ3) is 4.32. The van der Waals surface area contributed by atoms with Crippen LogP contribution in [0.2, 0.25) is 0 Å². The molecule has 0 fully saturated rings. The van der Waals surface area contributed by atoms with Gasteiger partial charge in [-0.05, 0) is 12.1 Å². The van der Waals surface area contributed by atoms with Crippen molar-refractivity contribution in [3.05, 3.63) is 35.4 Å². The molecule has 3 nitrogen and oxygen atoms in total. The highest BCUT2D eigenvalue weighted by Gasteiger charge is 2.15. The molecule has 0 aromatic heterocycles. The van der Waals surface area contributed by atoms with E-state index < -0.39 is 28.2 Å². The predicted octanol–water partition coefficient (Wildman–Crippen LogP) is 1.54. The van der Waals surface area contributed by atoms with Crippen molar-refractivity contribution in [1.29, 1.82) is 0 Å². The molecule has 17 heavy (non-hydrogen) atoms. The lowest BCUT2D eigenvalue weighted by Gasteiger charge is -2.03. The summed E-state index contributed by atoms with van der Waals surface area (Å²) in [6.45, 7) is 0.270. The van der Waals surface area contributed by atoms with E-state index in [4.69, 9.17) is 4.74 Å². The number of ether oxygens (including phenoxy) is 1. The molecule has 0 radical (unpaired) electrons. The molecule has 1 aromatic rings. The fourth-order valence-corrected chi connectivity index (χ4v) is 2.13. The molecule has 0 spiro atoms. The Hall–Kier alpha value is -1.14. The summed E-state index contributed by atoms with van der Waals surface area (Å²) in [5, 5.41) is 0. The lowest BCUT2D eigenvalue weighted by Crippen LogP contribution is -2.16. The smallest absolute Gasteiger partial charge is 0.178 e. The van der Waals surface area contributed by atoms with Crippen molar-refractivity contribution in [2.45, 2.75) is 0 Å². The molecule has 1 unspecified atom stereocenters. The van der Waals surface area contributed by atoms with Gasteiger partial charge in [0.05, 0.1) is 17.9 Å². The van der Waals surface area contributed by atoms with Crippen molar-refractivity contribution >= 4 is 16.6 Å². The topological polar surface area (TPSA) is 43.4 Å². The Balaban J connectivity index is 2.67.